The molecule has 142 valence electrons. The van der Waals surface area contributed by atoms with Crippen LogP contribution in [0.25, 0.3) is 10.9 Å². The molecule has 0 bridgehead atoms. The van der Waals surface area contributed by atoms with Crippen molar-refractivity contribution in [2.75, 3.05) is 26.2 Å². The lowest BCUT2D eigenvalue weighted by Crippen LogP contribution is -2.62. The number of nitrogens with one attached hydrogen (secondary N) is 1. The Hall–Kier alpha value is -1.11. The molecule has 1 saturated carbocycles. The molecule has 4 N–H and O–H groups in total. The molecule has 1 aromatic heterocycles. The summed E-state index contributed by atoms with van der Waals surface area (Å²) in [5.41, 5.74) is 9.03. The minimum Gasteiger partial charge on any atom is -0.392 e. The van der Waals surface area contributed by atoms with Crippen molar-refractivity contribution in [1.29, 1.82) is 0 Å². The third-order valence-corrected chi connectivity index (χ3v) is 6.81. The highest BCUT2D eigenvalue weighted by Crippen LogP contribution is 2.51. The van der Waals surface area contributed by atoms with E-state index in [-0.39, 0.29) is 17.6 Å². The van der Waals surface area contributed by atoms with Gasteiger partial charge in [0.1, 0.15) is 0 Å². The first-order valence-corrected chi connectivity index (χ1v) is 9.90. The minimum absolute atomic E-state index is 0.0650. The number of hydrogen-bond acceptors (Lipinski definition) is 4. The highest BCUT2D eigenvalue weighted by Gasteiger charge is 2.56. The average molecular weight is 378 g/mol. The van der Waals surface area contributed by atoms with Crippen LogP contribution in [-0.4, -0.2) is 53.4 Å². The van der Waals surface area contributed by atoms with Crippen molar-refractivity contribution in [2.45, 2.75) is 44.9 Å². The molecule has 1 aliphatic heterocycles. The van der Waals surface area contributed by atoms with Crippen molar-refractivity contribution in [1.82, 2.24) is 9.88 Å². The predicted molar refractivity (Wildman–Crippen MR) is 104 cm³/mol. The van der Waals surface area contributed by atoms with Crippen molar-refractivity contribution in [2.24, 2.45) is 11.1 Å². The van der Waals surface area contributed by atoms with Crippen LogP contribution in [0.1, 0.15) is 30.5 Å². The number of aliphatic hydroxyl groups is 1. The smallest absolute Gasteiger partial charge is 0.0682 e. The maximum atomic E-state index is 10.4. The minimum atomic E-state index is -0.235. The predicted octanol–water partition coefficient (Wildman–Crippen LogP) is 2.82. The molecule has 2 atom stereocenters. The summed E-state index contributed by atoms with van der Waals surface area (Å²) in [6, 6.07) is 6.04. The van der Waals surface area contributed by atoms with E-state index in [1.807, 2.05) is 12.1 Å². The monoisotopic (exact) mass is 377 g/mol. The second-order valence-corrected chi connectivity index (χ2v) is 8.21. The van der Waals surface area contributed by atoms with Gasteiger partial charge in [0.25, 0.3) is 0 Å². The molecule has 1 aromatic carbocycles. The van der Waals surface area contributed by atoms with E-state index >= 15 is 0 Å². The molecule has 26 heavy (non-hydrogen) atoms. The molecule has 1 aliphatic carbocycles. The molecule has 2 fully saturated rings. The zero-order valence-electron chi connectivity index (χ0n) is 15.3. The summed E-state index contributed by atoms with van der Waals surface area (Å²) in [6.45, 7) is 6.11. The summed E-state index contributed by atoms with van der Waals surface area (Å²) >= 11 is 6.33. The van der Waals surface area contributed by atoms with Crippen molar-refractivity contribution < 1.29 is 9.84 Å². The van der Waals surface area contributed by atoms with Crippen LogP contribution >= 0.6 is 11.6 Å². The molecule has 0 radical (unpaired) electrons. The number of aryl methyl sites for hydroxylation is 1. The van der Waals surface area contributed by atoms with Gasteiger partial charge < -0.3 is 20.6 Å². The lowest BCUT2D eigenvalue weighted by molar-refractivity contribution is -0.210. The van der Waals surface area contributed by atoms with Gasteiger partial charge in [-0.3, -0.25) is 4.90 Å². The second-order valence-electron chi connectivity index (χ2n) is 7.80. The normalized spacial score (nSPS) is 25.7. The fourth-order valence-electron chi connectivity index (χ4n) is 4.71. The van der Waals surface area contributed by atoms with Crippen LogP contribution in [0.4, 0.5) is 0 Å². The number of halogens is 1. The van der Waals surface area contributed by atoms with Crippen LogP contribution in [0.5, 0.6) is 0 Å². The summed E-state index contributed by atoms with van der Waals surface area (Å²) in [6.07, 6.45) is 2.63. The van der Waals surface area contributed by atoms with E-state index in [0.717, 1.165) is 49.4 Å². The maximum Gasteiger partial charge on any atom is 0.0682 e. The maximum absolute atomic E-state index is 10.4. The van der Waals surface area contributed by atoms with E-state index < -0.39 is 0 Å². The Morgan fingerprint density at radius 1 is 1.38 bits per heavy atom. The van der Waals surface area contributed by atoms with Crippen molar-refractivity contribution in [3.63, 3.8) is 0 Å². The van der Waals surface area contributed by atoms with Gasteiger partial charge in [-0.05, 0) is 44.5 Å². The summed E-state index contributed by atoms with van der Waals surface area (Å²) < 4.78 is 5.89. The summed E-state index contributed by atoms with van der Waals surface area (Å²) in [4.78, 5) is 5.97. The number of piperidine rings is 1. The Balaban J connectivity index is 1.43. The number of fused-ring (bicyclic) bond motifs is 1. The van der Waals surface area contributed by atoms with Gasteiger partial charge in [-0.25, -0.2) is 0 Å². The zero-order chi connectivity index (χ0) is 18.3. The van der Waals surface area contributed by atoms with Gasteiger partial charge in [-0.15, -0.1) is 0 Å². The number of aromatic amines is 1. The average Bonchev–Trinajstić information content (AvgIpc) is 2.97. The van der Waals surface area contributed by atoms with Gasteiger partial charge in [0.15, 0.2) is 0 Å². The van der Waals surface area contributed by atoms with Crippen LogP contribution in [0.3, 0.4) is 0 Å². The van der Waals surface area contributed by atoms with Crippen molar-refractivity contribution in [3.05, 3.63) is 34.5 Å². The standard InChI is InChI=1S/C20H28ClN3O2/c1-13-14-3-2-4-15(21)19(14)23-16(13)12-24-8-5-20(6-9-24)17(25)11-18(20)26-10-7-22/h2-4,17-18,23,25H,5-12,22H2,1H3/t17-,18+/m1/s1. The number of nitrogens with two attached hydrogens (primary N) is 1. The molecule has 2 heterocycles. The number of rotatable bonds is 5. The fourth-order valence-corrected chi connectivity index (χ4v) is 4.93. The summed E-state index contributed by atoms with van der Waals surface area (Å²) in [5, 5.41) is 12.4. The Morgan fingerprint density at radius 3 is 2.81 bits per heavy atom. The van der Waals surface area contributed by atoms with Crippen LogP contribution < -0.4 is 5.73 Å². The van der Waals surface area contributed by atoms with Crippen LogP contribution in [0.15, 0.2) is 18.2 Å². The Bertz CT molecular complexity index is 783. The van der Waals surface area contributed by atoms with Gasteiger partial charge in [0, 0.05) is 36.0 Å². The Labute approximate surface area is 159 Å². The van der Waals surface area contributed by atoms with E-state index in [0.29, 0.717) is 13.2 Å². The molecule has 6 heteroatoms. The summed E-state index contributed by atoms with van der Waals surface area (Å²) in [5.74, 6) is 0. The number of hydrogen-bond donors (Lipinski definition) is 3. The lowest BCUT2D eigenvalue weighted by atomic mass is 9.58. The van der Waals surface area contributed by atoms with Crippen molar-refractivity contribution in [3.8, 4) is 0 Å². The number of aliphatic hydroxyl groups excluding tert-OH is 1. The number of benzene rings is 1. The number of aromatic nitrogens is 1. The highest BCUT2D eigenvalue weighted by molar-refractivity contribution is 6.35. The Morgan fingerprint density at radius 2 is 2.15 bits per heavy atom. The van der Waals surface area contributed by atoms with E-state index in [4.69, 9.17) is 22.1 Å². The SMILES string of the molecule is Cc1c(CN2CCC3(CC2)[C@H](O)C[C@@H]3OCCN)[nH]c2c(Cl)cccc12. The quantitative estimate of drug-likeness (QED) is 0.749. The van der Waals surface area contributed by atoms with Crippen LogP contribution in [-0.2, 0) is 11.3 Å². The van der Waals surface area contributed by atoms with E-state index in [1.54, 1.807) is 0 Å². The summed E-state index contributed by atoms with van der Waals surface area (Å²) in [7, 11) is 0. The molecule has 2 aromatic rings. The highest BCUT2D eigenvalue weighted by atomic mass is 35.5. The number of ether oxygens (including phenoxy) is 1. The third-order valence-electron chi connectivity index (χ3n) is 6.49. The molecule has 0 unspecified atom stereocenters. The van der Waals surface area contributed by atoms with Crippen molar-refractivity contribution >= 4 is 22.5 Å². The fraction of sp³-hybridized carbons (Fsp3) is 0.600. The first kappa shape index (κ1) is 18.3. The Kier molecular flexibility index (Phi) is 5.01. The van der Waals surface area contributed by atoms with Gasteiger partial charge >= 0.3 is 0 Å². The van der Waals surface area contributed by atoms with E-state index in [2.05, 4.69) is 22.9 Å². The number of para-hydroxylation sites is 1. The van der Waals surface area contributed by atoms with Gasteiger partial charge in [0.05, 0.1) is 29.4 Å². The molecule has 5 nitrogen and oxygen atoms in total. The molecular weight excluding hydrogens is 350 g/mol. The molecule has 1 saturated heterocycles. The molecule has 1 spiro atoms. The van der Waals surface area contributed by atoms with E-state index in [1.165, 1.54) is 16.6 Å². The zero-order valence-corrected chi connectivity index (χ0v) is 16.1. The van der Waals surface area contributed by atoms with Crippen LogP contribution in [0, 0.1) is 12.3 Å². The van der Waals surface area contributed by atoms with E-state index in [9.17, 15) is 5.11 Å². The van der Waals surface area contributed by atoms with Gasteiger partial charge in [0.2, 0.25) is 0 Å². The third kappa shape index (κ3) is 2.96. The van der Waals surface area contributed by atoms with Crippen LogP contribution in [0.2, 0.25) is 5.02 Å². The number of H-pyrrole nitrogens is 1. The first-order chi connectivity index (χ1) is 12.5. The topological polar surface area (TPSA) is 74.5 Å². The first-order valence-electron chi connectivity index (χ1n) is 9.53. The molecule has 4 rings (SSSR count). The molecule has 2 aliphatic rings. The number of likely N-dealkylation sites (tertiary alicyclic amines) is 1. The van der Waals surface area contributed by atoms with Gasteiger partial charge in [-0.1, -0.05) is 23.7 Å². The number of nitrogens with zero attached hydrogens (tertiary/aromatic N) is 1. The lowest BCUT2D eigenvalue weighted by Gasteiger charge is -2.56. The van der Waals surface area contributed by atoms with Gasteiger partial charge in [-0.2, -0.15) is 0 Å². The molecule has 0 amide bonds. The molecular formula is C20H28ClN3O2. The second kappa shape index (κ2) is 7.13. The largest absolute Gasteiger partial charge is 0.392 e.